The Morgan fingerprint density at radius 2 is 1.81 bits per heavy atom. The van der Waals surface area contributed by atoms with Gasteiger partial charge in [0, 0.05) is 13.1 Å². The molecule has 2 aromatic carbocycles. The smallest absolute Gasteiger partial charge is 0.242 e. The van der Waals surface area contributed by atoms with Crippen LogP contribution in [0.3, 0.4) is 0 Å². The number of hydrogen-bond donors (Lipinski definition) is 1. The van der Waals surface area contributed by atoms with Crippen LogP contribution >= 0.6 is 23.2 Å². The van der Waals surface area contributed by atoms with Gasteiger partial charge in [0.1, 0.15) is 6.04 Å². The average molecular weight is 407 g/mol. The summed E-state index contributed by atoms with van der Waals surface area (Å²) >= 11 is 12.1. The number of nitrogens with one attached hydrogen (secondary N) is 1. The molecule has 4 nitrogen and oxygen atoms in total. The lowest BCUT2D eigenvalue weighted by atomic mass is 10.1. The molecule has 0 aliphatic heterocycles. The molecule has 0 radical (unpaired) electrons. The van der Waals surface area contributed by atoms with Gasteiger partial charge >= 0.3 is 0 Å². The molecule has 6 heteroatoms. The van der Waals surface area contributed by atoms with Crippen molar-refractivity contribution in [1.82, 2.24) is 10.2 Å². The largest absolute Gasteiger partial charge is 0.355 e. The van der Waals surface area contributed by atoms with E-state index in [1.165, 1.54) is 0 Å². The van der Waals surface area contributed by atoms with E-state index in [2.05, 4.69) is 5.32 Å². The lowest BCUT2D eigenvalue weighted by molar-refractivity contribution is -0.140. The number of halogens is 2. The molecule has 1 atom stereocenters. The van der Waals surface area contributed by atoms with Gasteiger partial charge in [-0.3, -0.25) is 9.59 Å². The Morgan fingerprint density at radius 3 is 2.44 bits per heavy atom. The van der Waals surface area contributed by atoms with Crippen LogP contribution in [-0.2, 0) is 22.6 Å². The van der Waals surface area contributed by atoms with Gasteiger partial charge in [0.15, 0.2) is 0 Å². The Bertz CT molecular complexity index is 824. The number of hydrogen-bond acceptors (Lipinski definition) is 2. The summed E-state index contributed by atoms with van der Waals surface area (Å²) < 4.78 is 0. The Morgan fingerprint density at radius 1 is 1.07 bits per heavy atom. The van der Waals surface area contributed by atoms with Crippen LogP contribution in [0, 0.1) is 6.92 Å². The second-order valence-corrected chi connectivity index (χ2v) is 7.32. The molecule has 27 heavy (non-hydrogen) atoms. The van der Waals surface area contributed by atoms with Gasteiger partial charge in [-0.05, 0) is 44.0 Å². The molecule has 2 aromatic rings. The summed E-state index contributed by atoms with van der Waals surface area (Å²) in [7, 11) is 0. The van der Waals surface area contributed by atoms with Crippen molar-refractivity contribution in [2.24, 2.45) is 0 Å². The Hall–Kier alpha value is -2.04. The maximum Gasteiger partial charge on any atom is 0.242 e. The number of likely N-dealkylation sites (N-methyl/N-ethyl adjacent to an activating group) is 1. The van der Waals surface area contributed by atoms with Crippen LogP contribution in [0.15, 0.2) is 42.5 Å². The van der Waals surface area contributed by atoms with Crippen LogP contribution in [0.1, 0.15) is 30.5 Å². The summed E-state index contributed by atoms with van der Waals surface area (Å²) in [5.74, 6) is -0.305. The molecule has 0 bridgehead atoms. The second kappa shape index (κ2) is 9.77. The molecule has 2 amide bonds. The first-order chi connectivity index (χ1) is 12.8. The normalized spacial score (nSPS) is 11.7. The predicted molar refractivity (Wildman–Crippen MR) is 110 cm³/mol. The number of aryl methyl sites for hydroxylation is 1. The van der Waals surface area contributed by atoms with E-state index in [1.807, 2.05) is 44.2 Å². The van der Waals surface area contributed by atoms with E-state index in [9.17, 15) is 9.59 Å². The van der Waals surface area contributed by atoms with Crippen molar-refractivity contribution in [3.05, 3.63) is 69.2 Å². The molecule has 0 saturated heterocycles. The Kier molecular flexibility index (Phi) is 7.69. The minimum absolute atomic E-state index is 0.120. The number of benzene rings is 2. The molecular formula is C21H24Cl2N2O2. The van der Waals surface area contributed by atoms with Crippen molar-refractivity contribution in [1.29, 1.82) is 0 Å². The van der Waals surface area contributed by atoms with Crippen molar-refractivity contribution >= 4 is 35.0 Å². The molecule has 1 unspecified atom stereocenters. The first-order valence-corrected chi connectivity index (χ1v) is 9.64. The van der Waals surface area contributed by atoms with Crippen LogP contribution < -0.4 is 5.32 Å². The van der Waals surface area contributed by atoms with Crippen LogP contribution in [0.25, 0.3) is 0 Å². The van der Waals surface area contributed by atoms with Crippen molar-refractivity contribution in [2.45, 2.75) is 39.8 Å². The Labute approximate surface area is 170 Å². The van der Waals surface area contributed by atoms with E-state index < -0.39 is 6.04 Å². The maximum atomic E-state index is 13.0. The zero-order chi connectivity index (χ0) is 20.0. The van der Waals surface area contributed by atoms with Crippen molar-refractivity contribution in [3.8, 4) is 0 Å². The molecular weight excluding hydrogens is 383 g/mol. The van der Waals surface area contributed by atoms with Gasteiger partial charge in [-0.2, -0.15) is 0 Å². The van der Waals surface area contributed by atoms with Crippen LogP contribution in [0.2, 0.25) is 10.0 Å². The highest BCUT2D eigenvalue weighted by molar-refractivity contribution is 6.42. The summed E-state index contributed by atoms with van der Waals surface area (Å²) in [5, 5.41) is 3.66. The van der Waals surface area contributed by atoms with E-state index in [-0.39, 0.29) is 24.8 Å². The summed E-state index contributed by atoms with van der Waals surface area (Å²) in [6.07, 6.45) is 0.229. The third kappa shape index (κ3) is 5.98. The van der Waals surface area contributed by atoms with E-state index in [1.54, 1.807) is 24.0 Å². The van der Waals surface area contributed by atoms with Gasteiger partial charge in [-0.15, -0.1) is 0 Å². The van der Waals surface area contributed by atoms with Crippen LogP contribution in [0.5, 0.6) is 0 Å². The van der Waals surface area contributed by atoms with Gasteiger partial charge in [0.25, 0.3) is 0 Å². The summed E-state index contributed by atoms with van der Waals surface area (Å²) in [6, 6.07) is 12.4. The molecule has 0 aromatic heterocycles. The van der Waals surface area contributed by atoms with E-state index >= 15 is 0 Å². The third-order valence-corrected chi connectivity index (χ3v) is 5.03. The first-order valence-electron chi connectivity index (χ1n) is 8.88. The van der Waals surface area contributed by atoms with E-state index in [4.69, 9.17) is 23.2 Å². The number of carbonyl (C=O) groups excluding carboxylic acids is 2. The molecule has 0 saturated carbocycles. The fourth-order valence-electron chi connectivity index (χ4n) is 2.84. The zero-order valence-corrected chi connectivity index (χ0v) is 17.3. The van der Waals surface area contributed by atoms with Gasteiger partial charge in [-0.1, -0.05) is 59.1 Å². The third-order valence-electron chi connectivity index (χ3n) is 4.29. The second-order valence-electron chi connectivity index (χ2n) is 6.51. The number of carbonyl (C=O) groups is 2. The fraction of sp³-hybridized carbons (Fsp3) is 0.333. The Balaban J connectivity index is 2.26. The zero-order valence-electron chi connectivity index (χ0n) is 15.8. The molecule has 144 valence electrons. The minimum Gasteiger partial charge on any atom is -0.355 e. The monoisotopic (exact) mass is 406 g/mol. The standard InChI is InChI=1S/C21H24Cl2N2O2/c1-4-24-21(27)15(3)25(13-17-8-9-18(22)19(23)11-17)20(26)12-16-7-5-6-14(2)10-16/h5-11,15H,4,12-13H2,1-3H3,(H,24,27). The van der Waals surface area contributed by atoms with Gasteiger partial charge < -0.3 is 10.2 Å². The van der Waals surface area contributed by atoms with E-state index in [0.29, 0.717) is 16.6 Å². The topological polar surface area (TPSA) is 49.4 Å². The van der Waals surface area contributed by atoms with Crippen molar-refractivity contribution < 1.29 is 9.59 Å². The van der Waals surface area contributed by atoms with Gasteiger partial charge in [0.2, 0.25) is 11.8 Å². The van der Waals surface area contributed by atoms with Gasteiger partial charge in [-0.25, -0.2) is 0 Å². The fourth-order valence-corrected chi connectivity index (χ4v) is 3.16. The average Bonchev–Trinajstić information content (AvgIpc) is 2.62. The minimum atomic E-state index is -0.600. The quantitative estimate of drug-likeness (QED) is 0.740. The lowest BCUT2D eigenvalue weighted by Crippen LogP contribution is -2.48. The summed E-state index contributed by atoms with van der Waals surface area (Å²) in [6.45, 7) is 6.35. The highest BCUT2D eigenvalue weighted by Crippen LogP contribution is 2.24. The number of nitrogens with zero attached hydrogens (tertiary/aromatic N) is 1. The van der Waals surface area contributed by atoms with Crippen LogP contribution in [-0.4, -0.2) is 29.3 Å². The molecule has 1 N–H and O–H groups in total. The number of rotatable bonds is 7. The van der Waals surface area contributed by atoms with Gasteiger partial charge in [0.05, 0.1) is 16.5 Å². The number of amides is 2. The SMILES string of the molecule is CCNC(=O)C(C)N(Cc1ccc(Cl)c(Cl)c1)C(=O)Cc1cccc(C)c1. The molecule has 0 fully saturated rings. The highest BCUT2D eigenvalue weighted by Gasteiger charge is 2.26. The summed E-state index contributed by atoms with van der Waals surface area (Å²) in [5.41, 5.74) is 2.83. The highest BCUT2D eigenvalue weighted by atomic mass is 35.5. The van der Waals surface area contributed by atoms with Crippen molar-refractivity contribution in [3.63, 3.8) is 0 Å². The summed E-state index contributed by atoms with van der Waals surface area (Å²) in [4.78, 5) is 26.9. The molecule has 0 spiro atoms. The van der Waals surface area contributed by atoms with Crippen LogP contribution in [0.4, 0.5) is 0 Å². The molecule has 2 rings (SSSR count). The molecule has 0 aliphatic carbocycles. The van der Waals surface area contributed by atoms with E-state index in [0.717, 1.165) is 16.7 Å². The first kappa shape index (κ1) is 21.3. The predicted octanol–water partition coefficient (Wildman–Crippen LogP) is 4.40. The lowest BCUT2D eigenvalue weighted by Gasteiger charge is -2.29. The van der Waals surface area contributed by atoms with Crippen molar-refractivity contribution in [2.75, 3.05) is 6.54 Å². The molecule has 0 heterocycles. The maximum absolute atomic E-state index is 13.0. The molecule has 0 aliphatic rings.